The Morgan fingerprint density at radius 1 is 1.06 bits per heavy atom. The minimum atomic E-state index is -0.917. The first-order chi connectivity index (χ1) is 15.0. The first-order valence-electron chi connectivity index (χ1n) is 9.98. The Kier molecular flexibility index (Phi) is 7.53. The molecule has 1 fully saturated rings. The third-order valence-electron chi connectivity index (χ3n) is 5.17. The van der Waals surface area contributed by atoms with Crippen molar-refractivity contribution in [3.05, 3.63) is 64.2 Å². The average Bonchev–Trinajstić information content (AvgIpc) is 3.25. The van der Waals surface area contributed by atoms with Crippen LogP contribution >= 0.6 is 0 Å². The molecule has 0 aromatic heterocycles. The first-order valence-corrected chi connectivity index (χ1v) is 9.98. The van der Waals surface area contributed by atoms with Gasteiger partial charge in [0.1, 0.15) is 5.75 Å². The Balaban J connectivity index is 1.65. The number of nitro groups is 1. The molecule has 0 unspecified atom stereocenters. The lowest BCUT2D eigenvalue weighted by atomic mass is 9.94. The van der Waals surface area contributed by atoms with Crippen LogP contribution in [0.1, 0.15) is 17.9 Å². The summed E-state index contributed by atoms with van der Waals surface area (Å²) in [6.07, 6.45) is 0.0806. The van der Waals surface area contributed by atoms with Gasteiger partial charge in [0.15, 0.2) is 11.5 Å². The first kappa shape index (κ1) is 22.2. The van der Waals surface area contributed by atoms with Crippen LogP contribution in [0.15, 0.2) is 48.5 Å². The van der Waals surface area contributed by atoms with Gasteiger partial charge < -0.3 is 23.8 Å². The van der Waals surface area contributed by atoms with E-state index in [1.807, 2.05) is 30.3 Å². The maximum atomic E-state index is 11.9. The second-order valence-electron chi connectivity index (χ2n) is 7.11. The standard InChI is InChI=1S/C22H26N2O7/c1-28-20-10-9-16(18-14-23(22(25)29-2)15-19(18)24(26)27)13-21(20)31-12-6-11-30-17-7-4-3-5-8-17/h3-5,7-10,13,18-19H,6,11-12,14-15H2,1-2H3/t18-,19+/m0/s1. The molecule has 0 saturated carbocycles. The van der Waals surface area contributed by atoms with Crippen molar-refractivity contribution in [1.82, 2.24) is 4.90 Å². The maximum absolute atomic E-state index is 11.9. The van der Waals surface area contributed by atoms with Crippen LogP contribution in [0.4, 0.5) is 4.79 Å². The predicted molar refractivity (Wildman–Crippen MR) is 113 cm³/mol. The molecule has 1 amide bonds. The molecule has 1 heterocycles. The molecule has 0 N–H and O–H groups in total. The van der Waals surface area contributed by atoms with Crippen molar-refractivity contribution in [1.29, 1.82) is 0 Å². The Labute approximate surface area is 180 Å². The summed E-state index contributed by atoms with van der Waals surface area (Å²) in [5.74, 6) is 1.36. The molecule has 0 bridgehead atoms. The van der Waals surface area contributed by atoms with Gasteiger partial charge in [0.05, 0.1) is 39.9 Å². The van der Waals surface area contributed by atoms with E-state index in [1.165, 1.54) is 19.1 Å². The topological polar surface area (TPSA) is 100 Å². The normalized spacial score (nSPS) is 17.8. The van der Waals surface area contributed by atoms with Crippen molar-refractivity contribution in [3.8, 4) is 17.2 Å². The monoisotopic (exact) mass is 430 g/mol. The van der Waals surface area contributed by atoms with Crippen molar-refractivity contribution in [2.24, 2.45) is 0 Å². The molecule has 1 saturated heterocycles. The number of nitrogens with zero attached hydrogens (tertiary/aromatic N) is 2. The van der Waals surface area contributed by atoms with Gasteiger partial charge in [-0.25, -0.2) is 4.79 Å². The summed E-state index contributed by atoms with van der Waals surface area (Å²) in [5, 5.41) is 11.6. The number of rotatable bonds is 9. The highest BCUT2D eigenvalue weighted by Gasteiger charge is 2.44. The molecule has 2 atom stereocenters. The van der Waals surface area contributed by atoms with Gasteiger partial charge in [-0.2, -0.15) is 0 Å². The van der Waals surface area contributed by atoms with Crippen LogP contribution in [0, 0.1) is 10.1 Å². The highest BCUT2D eigenvalue weighted by molar-refractivity contribution is 5.68. The predicted octanol–water partition coefficient (Wildman–Crippen LogP) is 3.35. The van der Waals surface area contributed by atoms with Crippen molar-refractivity contribution >= 4 is 6.09 Å². The SMILES string of the molecule is COC(=O)N1C[C@@H]([N+](=O)[O-])[C@H](c2ccc(OC)c(OCCCOc3ccccc3)c2)C1. The number of benzene rings is 2. The van der Waals surface area contributed by atoms with Crippen molar-refractivity contribution in [3.63, 3.8) is 0 Å². The highest BCUT2D eigenvalue weighted by Crippen LogP contribution is 2.36. The Bertz CT molecular complexity index is 891. The van der Waals surface area contributed by atoms with E-state index in [2.05, 4.69) is 0 Å². The number of methoxy groups -OCH3 is 2. The van der Waals surface area contributed by atoms with Gasteiger partial charge in [0, 0.05) is 17.9 Å². The number of amides is 1. The third-order valence-corrected chi connectivity index (χ3v) is 5.17. The van der Waals surface area contributed by atoms with E-state index in [0.717, 1.165) is 5.75 Å². The fourth-order valence-corrected chi connectivity index (χ4v) is 3.59. The Morgan fingerprint density at radius 2 is 1.81 bits per heavy atom. The molecular formula is C22H26N2O7. The van der Waals surface area contributed by atoms with Gasteiger partial charge in [0.2, 0.25) is 6.04 Å². The third kappa shape index (κ3) is 5.56. The summed E-state index contributed by atoms with van der Waals surface area (Å²) in [6.45, 7) is 1.09. The van der Waals surface area contributed by atoms with Crippen molar-refractivity contribution in [2.45, 2.75) is 18.4 Å². The van der Waals surface area contributed by atoms with Crippen molar-refractivity contribution < 1.29 is 28.7 Å². The quantitative estimate of drug-likeness (QED) is 0.342. The Hall–Kier alpha value is -3.49. The van der Waals surface area contributed by atoms with Crippen LogP contribution in [-0.2, 0) is 4.74 Å². The van der Waals surface area contributed by atoms with Gasteiger partial charge in [0.25, 0.3) is 0 Å². The van der Waals surface area contributed by atoms with Gasteiger partial charge in [-0.3, -0.25) is 10.1 Å². The summed E-state index contributed by atoms with van der Waals surface area (Å²) in [6, 6.07) is 13.8. The zero-order valence-electron chi connectivity index (χ0n) is 17.6. The fraction of sp³-hybridized carbons (Fsp3) is 0.409. The molecule has 1 aliphatic rings. The Morgan fingerprint density at radius 3 is 2.48 bits per heavy atom. The summed E-state index contributed by atoms with van der Waals surface area (Å²) < 4.78 is 21.6. The molecule has 2 aromatic rings. The summed E-state index contributed by atoms with van der Waals surface area (Å²) in [4.78, 5) is 24.4. The molecule has 9 heteroatoms. The smallest absolute Gasteiger partial charge is 0.409 e. The van der Waals surface area contributed by atoms with E-state index >= 15 is 0 Å². The molecular weight excluding hydrogens is 404 g/mol. The molecule has 31 heavy (non-hydrogen) atoms. The molecule has 0 aliphatic carbocycles. The summed E-state index contributed by atoms with van der Waals surface area (Å²) >= 11 is 0. The molecule has 3 rings (SSSR count). The lowest BCUT2D eigenvalue weighted by Crippen LogP contribution is -2.31. The number of carbonyl (C=O) groups is 1. The van der Waals surface area contributed by atoms with E-state index in [-0.39, 0.29) is 18.0 Å². The van der Waals surface area contributed by atoms with E-state index in [9.17, 15) is 14.9 Å². The second-order valence-corrected chi connectivity index (χ2v) is 7.11. The van der Waals surface area contributed by atoms with Crippen LogP contribution in [0.3, 0.4) is 0 Å². The largest absolute Gasteiger partial charge is 0.493 e. The number of hydrogen-bond donors (Lipinski definition) is 0. The average molecular weight is 430 g/mol. The van der Waals surface area contributed by atoms with Crippen LogP contribution in [0.5, 0.6) is 17.2 Å². The van der Waals surface area contributed by atoms with Crippen LogP contribution in [0.2, 0.25) is 0 Å². The van der Waals surface area contributed by atoms with Gasteiger partial charge >= 0.3 is 6.09 Å². The van der Waals surface area contributed by atoms with Crippen LogP contribution in [0.25, 0.3) is 0 Å². The van der Waals surface area contributed by atoms with E-state index < -0.39 is 18.1 Å². The minimum Gasteiger partial charge on any atom is -0.493 e. The van der Waals surface area contributed by atoms with E-state index in [4.69, 9.17) is 18.9 Å². The number of para-hydroxylation sites is 1. The van der Waals surface area contributed by atoms with E-state index in [1.54, 1.807) is 18.2 Å². The lowest BCUT2D eigenvalue weighted by Gasteiger charge is -2.17. The zero-order valence-corrected chi connectivity index (χ0v) is 17.6. The molecule has 1 aliphatic heterocycles. The molecule has 0 radical (unpaired) electrons. The number of ether oxygens (including phenoxy) is 4. The van der Waals surface area contributed by atoms with E-state index in [0.29, 0.717) is 36.7 Å². The van der Waals surface area contributed by atoms with Gasteiger partial charge in [-0.1, -0.05) is 24.3 Å². The molecule has 2 aromatic carbocycles. The van der Waals surface area contributed by atoms with Gasteiger partial charge in [-0.15, -0.1) is 0 Å². The lowest BCUT2D eigenvalue weighted by molar-refractivity contribution is -0.520. The maximum Gasteiger partial charge on any atom is 0.409 e. The second kappa shape index (κ2) is 10.5. The van der Waals surface area contributed by atoms with Crippen LogP contribution in [-0.4, -0.2) is 62.5 Å². The van der Waals surface area contributed by atoms with Gasteiger partial charge in [-0.05, 0) is 29.8 Å². The molecule has 0 spiro atoms. The molecule has 9 nitrogen and oxygen atoms in total. The minimum absolute atomic E-state index is 0.00336. The summed E-state index contributed by atoms with van der Waals surface area (Å²) in [7, 11) is 2.80. The number of likely N-dealkylation sites (tertiary alicyclic amines) is 1. The number of hydrogen-bond acceptors (Lipinski definition) is 7. The summed E-state index contributed by atoms with van der Waals surface area (Å²) in [5.41, 5.74) is 0.712. The zero-order chi connectivity index (χ0) is 22.2. The fourth-order valence-electron chi connectivity index (χ4n) is 3.59. The van der Waals surface area contributed by atoms with Crippen LogP contribution < -0.4 is 14.2 Å². The highest BCUT2D eigenvalue weighted by atomic mass is 16.6. The number of carbonyl (C=O) groups excluding carboxylic acids is 1. The molecule has 166 valence electrons. The van der Waals surface area contributed by atoms with Crippen molar-refractivity contribution in [2.75, 3.05) is 40.5 Å².